The number of ether oxygens (including phenoxy) is 2. The maximum Gasteiger partial charge on any atom is 0.258 e. The number of carbonyl (C=O) groups is 1. The fourth-order valence-corrected chi connectivity index (χ4v) is 2.95. The van der Waals surface area contributed by atoms with Crippen LogP contribution in [0.5, 0.6) is 0 Å². The zero-order valence-corrected chi connectivity index (χ0v) is 13.4. The van der Waals surface area contributed by atoms with Crippen molar-refractivity contribution in [3.63, 3.8) is 0 Å². The van der Waals surface area contributed by atoms with Gasteiger partial charge in [-0.05, 0) is 35.7 Å². The number of carbonyl (C=O) groups excluding carboxylic acids is 1. The van der Waals surface area contributed by atoms with Crippen molar-refractivity contribution in [1.82, 2.24) is 0 Å². The number of methoxy groups -OCH3 is 2. The molecule has 2 aromatic carbocycles. The summed E-state index contributed by atoms with van der Waals surface area (Å²) < 4.78 is 10.6. The van der Waals surface area contributed by atoms with Crippen molar-refractivity contribution < 1.29 is 14.3 Å². The number of rotatable bonds is 5. The van der Waals surface area contributed by atoms with Gasteiger partial charge in [-0.2, -0.15) is 0 Å². The summed E-state index contributed by atoms with van der Waals surface area (Å²) in [6.07, 6.45) is 0.00834. The molecule has 1 amide bonds. The zero-order valence-electron chi connectivity index (χ0n) is 13.4. The standard InChI is InChI=1S/C19H20NO3/c1-22-17-13-20(19(21)18(17)23-2)16-10-6-9-15(12-16)11-14-7-4-3-5-8-14/h3-8,10,12,17-18H,11,13H2,1-2H3/t17-,18-/m1/s1. The summed E-state index contributed by atoms with van der Waals surface area (Å²) in [5.41, 5.74) is 3.13. The van der Waals surface area contributed by atoms with E-state index in [1.54, 1.807) is 12.0 Å². The van der Waals surface area contributed by atoms with Gasteiger partial charge < -0.3 is 14.4 Å². The van der Waals surface area contributed by atoms with E-state index >= 15 is 0 Å². The van der Waals surface area contributed by atoms with Gasteiger partial charge in [0.05, 0.1) is 6.54 Å². The Labute approximate surface area is 136 Å². The van der Waals surface area contributed by atoms with Crippen molar-refractivity contribution in [1.29, 1.82) is 0 Å². The van der Waals surface area contributed by atoms with Crippen molar-refractivity contribution in [2.75, 3.05) is 25.7 Å². The van der Waals surface area contributed by atoms with Gasteiger partial charge in [0, 0.05) is 19.9 Å². The zero-order chi connectivity index (χ0) is 16.2. The Bertz CT molecular complexity index is 671. The lowest BCUT2D eigenvalue weighted by Crippen LogP contribution is -2.32. The van der Waals surface area contributed by atoms with Gasteiger partial charge in [-0.1, -0.05) is 36.4 Å². The van der Waals surface area contributed by atoms with E-state index in [1.165, 1.54) is 12.7 Å². The molecule has 119 valence electrons. The quantitative estimate of drug-likeness (QED) is 0.851. The maximum atomic E-state index is 12.5. The van der Waals surface area contributed by atoms with Crippen molar-refractivity contribution in [2.24, 2.45) is 0 Å². The minimum Gasteiger partial charge on any atom is -0.376 e. The Hall–Kier alpha value is -2.17. The second-order valence-electron chi connectivity index (χ2n) is 5.61. The van der Waals surface area contributed by atoms with Crippen molar-refractivity contribution in [3.8, 4) is 0 Å². The molecule has 0 aromatic heterocycles. The Morgan fingerprint density at radius 2 is 1.96 bits per heavy atom. The van der Waals surface area contributed by atoms with Crippen molar-refractivity contribution in [2.45, 2.75) is 18.6 Å². The molecule has 0 spiro atoms. The van der Waals surface area contributed by atoms with E-state index in [2.05, 4.69) is 18.2 Å². The van der Waals surface area contributed by atoms with Crippen LogP contribution in [0.1, 0.15) is 11.1 Å². The van der Waals surface area contributed by atoms with E-state index < -0.39 is 6.10 Å². The Morgan fingerprint density at radius 1 is 1.17 bits per heavy atom. The molecule has 0 aliphatic carbocycles. The van der Waals surface area contributed by atoms with Crippen LogP contribution in [-0.4, -0.2) is 38.9 Å². The largest absolute Gasteiger partial charge is 0.376 e. The highest BCUT2D eigenvalue weighted by Gasteiger charge is 2.41. The van der Waals surface area contributed by atoms with Crippen LogP contribution in [0.4, 0.5) is 5.69 Å². The van der Waals surface area contributed by atoms with Crippen LogP contribution in [-0.2, 0) is 20.7 Å². The van der Waals surface area contributed by atoms with E-state index in [9.17, 15) is 4.79 Å². The molecule has 1 radical (unpaired) electrons. The molecule has 1 aliphatic heterocycles. The molecule has 0 saturated carbocycles. The molecular formula is C19H20NO3. The molecule has 1 heterocycles. The van der Waals surface area contributed by atoms with Crippen LogP contribution in [0.3, 0.4) is 0 Å². The number of amides is 1. The minimum absolute atomic E-state index is 0.0591. The SMILES string of the molecule is CO[C@@H]1CN(c2cc[c]c(Cc3ccccc3)c2)C(=O)[C@@H]1OC. The third-order valence-electron chi connectivity index (χ3n) is 4.16. The highest BCUT2D eigenvalue weighted by molar-refractivity contribution is 5.99. The lowest BCUT2D eigenvalue weighted by atomic mass is 10.0. The number of hydrogen-bond donors (Lipinski definition) is 0. The van der Waals surface area contributed by atoms with Crippen LogP contribution in [0, 0.1) is 6.07 Å². The molecule has 23 heavy (non-hydrogen) atoms. The van der Waals surface area contributed by atoms with Crippen LogP contribution in [0.25, 0.3) is 0 Å². The number of nitrogens with zero attached hydrogens (tertiary/aromatic N) is 1. The second-order valence-corrected chi connectivity index (χ2v) is 5.61. The van der Waals surface area contributed by atoms with E-state index in [0.29, 0.717) is 6.54 Å². The molecule has 4 nitrogen and oxygen atoms in total. The Morgan fingerprint density at radius 3 is 2.61 bits per heavy atom. The normalized spacial score (nSPS) is 21.0. The average Bonchev–Trinajstić information content (AvgIpc) is 2.92. The predicted molar refractivity (Wildman–Crippen MR) is 88.5 cm³/mol. The topological polar surface area (TPSA) is 38.8 Å². The molecular weight excluding hydrogens is 290 g/mol. The van der Waals surface area contributed by atoms with Gasteiger partial charge in [0.1, 0.15) is 6.10 Å². The number of benzene rings is 2. The smallest absolute Gasteiger partial charge is 0.258 e. The molecule has 1 aliphatic rings. The third kappa shape index (κ3) is 3.28. The predicted octanol–water partition coefficient (Wildman–Crippen LogP) is 2.45. The summed E-state index contributed by atoms with van der Waals surface area (Å²) in [4.78, 5) is 14.2. The lowest BCUT2D eigenvalue weighted by molar-refractivity contribution is -0.129. The molecule has 4 heteroatoms. The summed E-state index contributed by atoms with van der Waals surface area (Å²) in [5, 5.41) is 0. The summed E-state index contributed by atoms with van der Waals surface area (Å²) in [6, 6.07) is 19.2. The van der Waals surface area contributed by atoms with Crippen LogP contribution in [0.15, 0.2) is 48.5 Å². The number of hydrogen-bond acceptors (Lipinski definition) is 3. The van der Waals surface area contributed by atoms with Gasteiger partial charge >= 0.3 is 0 Å². The van der Waals surface area contributed by atoms with Gasteiger partial charge in [-0.15, -0.1) is 0 Å². The second kappa shape index (κ2) is 6.94. The van der Waals surface area contributed by atoms with Crippen LogP contribution in [0.2, 0.25) is 0 Å². The monoisotopic (exact) mass is 310 g/mol. The first-order valence-corrected chi connectivity index (χ1v) is 7.64. The molecule has 0 N–H and O–H groups in total. The molecule has 3 rings (SSSR count). The highest BCUT2D eigenvalue weighted by atomic mass is 16.5. The van der Waals surface area contributed by atoms with Crippen molar-refractivity contribution in [3.05, 3.63) is 65.7 Å². The summed E-state index contributed by atoms with van der Waals surface area (Å²) >= 11 is 0. The minimum atomic E-state index is -0.540. The van der Waals surface area contributed by atoms with E-state index in [4.69, 9.17) is 9.47 Å². The Balaban J connectivity index is 1.81. The van der Waals surface area contributed by atoms with Crippen molar-refractivity contribution >= 4 is 11.6 Å². The van der Waals surface area contributed by atoms with Gasteiger partial charge in [0.2, 0.25) is 0 Å². The molecule has 0 unspecified atom stereocenters. The lowest BCUT2D eigenvalue weighted by Gasteiger charge is -2.17. The van der Waals surface area contributed by atoms with Crippen LogP contribution >= 0.6 is 0 Å². The highest BCUT2D eigenvalue weighted by Crippen LogP contribution is 2.26. The van der Waals surface area contributed by atoms with Gasteiger partial charge in [0.25, 0.3) is 5.91 Å². The average molecular weight is 310 g/mol. The number of anilines is 1. The van der Waals surface area contributed by atoms with Gasteiger partial charge in [-0.25, -0.2) is 0 Å². The first kappa shape index (κ1) is 15.7. The molecule has 2 atom stereocenters. The molecule has 2 aromatic rings. The van der Waals surface area contributed by atoms with Gasteiger partial charge in [-0.3, -0.25) is 4.79 Å². The van der Waals surface area contributed by atoms with E-state index in [1.807, 2.05) is 36.4 Å². The van der Waals surface area contributed by atoms with Crippen LogP contribution < -0.4 is 4.90 Å². The summed E-state index contributed by atoms with van der Waals surface area (Å²) in [7, 11) is 3.14. The Kier molecular flexibility index (Phi) is 4.74. The van der Waals surface area contributed by atoms with Gasteiger partial charge in [0.15, 0.2) is 6.10 Å². The van der Waals surface area contributed by atoms with E-state index in [-0.39, 0.29) is 12.0 Å². The molecule has 1 fully saturated rings. The first-order valence-electron chi connectivity index (χ1n) is 7.64. The summed E-state index contributed by atoms with van der Waals surface area (Å²) in [6.45, 7) is 0.503. The van der Waals surface area contributed by atoms with E-state index in [0.717, 1.165) is 17.7 Å². The fraction of sp³-hybridized carbons (Fsp3) is 0.316. The molecule has 1 saturated heterocycles. The fourth-order valence-electron chi connectivity index (χ4n) is 2.95. The summed E-state index contributed by atoms with van der Waals surface area (Å²) in [5.74, 6) is -0.0591. The first-order chi connectivity index (χ1) is 11.2. The maximum absolute atomic E-state index is 12.5. The molecule has 0 bridgehead atoms. The third-order valence-corrected chi connectivity index (χ3v) is 4.16.